The van der Waals surface area contributed by atoms with Crippen molar-refractivity contribution in [2.24, 2.45) is 0 Å². The van der Waals surface area contributed by atoms with Crippen LogP contribution in [-0.4, -0.2) is 11.7 Å². The standard InChI is InChI=1S/C27H29NO2/c1-18-5-9-22(10-6-18)13-14-26(29)24-15-21(4)25(16-20(24)3)27(30)28-17-23-11-7-19(2)8-12-23/h5-12,15-16H,13-14,17H2,1-4H3,(H,28,30). The average Bonchev–Trinajstić information content (AvgIpc) is 2.73. The summed E-state index contributed by atoms with van der Waals surface area (Å²) in [4.78, 5) is 25.5. The van der Waals surface area contributed by atoms with Crippen molar-refractivity contribution >= 4 is 11.7 Å². The van der Waals surface area contributed by atoms with Crippen molar-refractivity contribution in [1.82, 2.24) is 5.32 Å². The number of benzene rings is 3. The van der Waals surface area contributed by atoms with Crippen molar-refractivity contribution in [3.05, 3.63) is 105 Å². The highest BCUT2D eigenvalue weighted by Gasteiger charge is 2.15. The highest BCUT2D eigenvalue weighted by molar-refractivity contribution is 6.01. The van der Waals surface area contributed by atoms with Gasteiger partial charge in [-0.05, 0) is 68.5 Å². The van der Waals surface area contributed by atoms with Crippen LogP contribution in [0.1, 0.15) is 60.5 Å². The van der Waals surface area contributed by atoms with Crippen LogP contribution in [0.15, 0.2) is 60.7 Å². The van der Waals surface area contributed by atoms with Crippen molar-refractivity contribution in [2.45, 2.75) is 47.1 Å². The third kappa shape index (κ3) is 5.44. The molecule has 0 atom stereocenters. The average molecular weight is 400 g/mol. The Labute approximate surface area is 179 Å². The van der Waals surface area contributed by atoms with Gasteiger partial charge in [0, 0.05) is 24.1 Å². The molecule has 0 bridgehead atoms. The molecule has 0 saturated heterocycles. The zero-order valence-corrected chi connectivity index (χ0v) is 18.2. The molecular weight excluding hydrogens is 370 g/mol. The van der Waals surface area contributed by atoms with Gasteiger partial charge in [0.25, 0.3) is 5.91 Å². The molecule has 1 N–H and O–H groups in total. The fourth-order valence-electron chi connectivity index (χ4n) is 3.49. The lowest BCUT2D eigenvalue weighted by atomic mass is 9.94. The van der Waals surface area contributed by atoms with Crippen LogP contribution in [0.25, 0.3) is 0 Å². The molecule has 3 aromatic carbocycles. The van der Waals surface area contributed by atoms with Crippen LogP contribution in [0.5, 0.6) is 0 Å². The summed E-state index contributed by atoms with van der Waals surface area (Å²) in [6.07, 6.45) is 1.18. The van der Waals surface area contributed by atoms with Gasteiger partial charge in [-0.1, -0.05) is 59.7 Å². The second-order valence-electron chi connectivity index (χ2n) is 8.06. The summed E-state index contributed by atoms with van der Waals surface area (Å²) in [5, 5.41) is 2.98. The van der Waals surface area contributed by atoms with E-state index < -0.39 is 0 Å². The van der Waals surface area contributed by atoms with Gasteiger partial charge in [-0.3, -0.25) is 9.59 Å². The van der Waals surface area contributed by atoms with Gasteiger partial charge >= 0.3 is 0 Å². The Balaban J connectivity index is 1.66. The fraction of sp³-hybridized carbons (Fsp3) is 0.259. The monoisotopic (exact) mass is 399 g/mol. The molecular formula is C27H29NO2. The summed E-state index contributed by atoms with van der Waals surface area (Å²) >= 11 is 0. The van der Waals surface area contributed by atoms with Crippen LogP contribution in [-0.2, 0) is 13.0 Å². The molecule has 0 heterocycles. The van der Waals surface area contributed by atoms with E-state index in [1.807, 2.05) is 57.2 Å². The molecule has 0 radical (unpaired) electrons. The zero-order chi connectivity index (χ0) is 21.7. The number of carbonyl (C=O) groups is 2. The predicted octanol–water partition coefficient (Wildman–Crippen LogP) is 5.67. The second-order valence-corrected chi connectivity index (χ2v) is 8.06. The Morgan fingerprint density at radius 1 is 0.700 bits per heavy atom. The zero-order valence-electron chi connectivity index (χ0n) is 18.2. The summed E-state index contributed by atoms with van der Waals surface area (Å²) in [6, 6.07) is 20.1. The number of Topliss-reactive ketones (excluding diaryl/α,β-unsaturated/α-hetero) is 1. The second kappa shape index (κ2) is 9.53. The van der Waals surface area contributed by atoms with E-state index in [1.165, 1.54) is 11.1 Å². The largest absolute Gasteiger partial charge is 0.348 e. The van der Waals surface area contributed by atoms with E-state index in [0.29, 0.717) is 24.1 Å². The lowest BCUT2D eigenvalue weighted by Crippen LogP contribution is -2.24. The van der Waals surface area contributed by atoms with Gasteiger partial charge in [0.1, 0.15) is 0 Å². The molecule has 3 heteroatoms. The minimum absolute atomic E-state index is 0.114. The highest BCUT2D eigenvalue weighted by Crippen LogP contribution is 2.19. The quantitative estimate of drug-likeness (QED) is 0.521. The third-order valence-corrected chi connectivity index (χ3v) is 5.45. The van der Waals surface area contributed by atoms with Crippen LogP contribution in [0.2, 0.25) is 0 Å². The maximum atomic E-state index is 12.8. The normalized spacial score (nSPS) is 10.7. The number of nitrogens with one attached hydrogen (secondary N) is 1. The lowest BCUT2D eigenvalue weighted by molar-refractivity contribution is 0.0946. The Morgan fingerprint density at radius 3 is 1.80 bits per heavy atom. The number of aryl methyl sites for hydroxylation is 5. The SMILES string of the molecule is Cc1ccc(CCC(=O)c2cc(C)c(C(=O)NCc3ccc(C)cc3)cc2C)cc1. The van der Waals surface area contributed by atoms with Crippen molar-refractivity contribution in [3.63, 3.8) is 0 Å². The van der Waals surface area contributed by atoms with Gasteiger partial charge < -0.3 is 5.32 Å². The first-order valence-corrected chi connectivity index (χ1v) is 10.4. The molecule has 0 aromatic heterocycles. The first kappa shape index (κ1) is 21.5. The molecule has 1 amide bonds. The van der Waals surface area contributed by atoms with Crippen molar-refractivity contribution in [2.75, 3.05) is 0 Å². The highest BCUT2D eigenvalue weighted by atomic mass is 16.1. The first-order valence-electron chi connectivity index (χ1n) is 10.4. The van der Waals surface area contributed by atoms with Crippen molar-refractivity contribution < 1.29 is 9.59 Å². The topological polar surface area (TPSA) is 46.2 Å². The summed E-state index contributed by atoms with van der Waals surface area (Å²) in [7, 11) is 0. The van der Waals surface area contributed by atoms with Gasteiger partial charge in [0.15, 0.2) is 5.78 Å². The van der Waals surface area contributed by atoms with Crippen LogP contribution < -0.4 is 5.32 Å². The van der Waals surface area contributed by atoms with Crippen molar-refractivity contribution in [1.29, 1.82) is 0 Å². The smallest absolute Gasteiger partial charge is 0.251 e. The van der Waals surface area contributed by atoms with Gasteiger partial charge in [0.05, 0.1) is 0 Å². The van der Waals surface area contributed by atoms with Gasteiger partial charge in [-0.2, -0.15) is 0 Å². The van der Waals surface area contributed by atoms with Crippen LogP contribution in [0, 0.1) is 27.7 Å². The van der Waals surface area contributed by atoms with E-state index in [-0.39, 0.29) is 11.7 Å². The van der Waals surface area contributed by atoms with Gasteiger partial charge in [0.2, 0.25) is 0 Å². The fourth-order valence-corrected chi connectivity index (χ4v) is 3.49. The van der Waals surface area contributed by atoms with E-state index in [1.54, 1.807) is 0 Å². The van der Waals surface area contributed by atoms with Gasteiger partial charge in [-0.25, -0.2) is 0 Å². The van der Waals surface area contributed by atoms with Crippen LogP contribution in [0.3, 0.4) is 0 Å². The Bertz CT molecular complexity index is 960. The molecule has 0 fully saturated rings. The summed E-state index contributed by atoms with van der Waals surface area (Å²) in [6.45, 7) is 8.36. The van der Waals surface area contributed by atoms with E-state index in [0.717, 1.165) is 28.7 Å². The number of rotatable bonds is 7. The Hall–Kier alpha value is -3.20. The maximum Gasteiger partial charge on any atom is 0.251 e. The minimum atomic E-state index is -0.116. The number of hydrogen-bond donors (Lipinski definition) is 1. The predicted molar refractivity (Wildman–Crippen MR) is 122 cm³/mol. The molecule has 3 aromatic rings. The van der Waals surface area contributed by atoms with Crippen LogP contribution >= 0.6 is 0 Å². The van der Waals surface area contributed by atoms with E-state index in [4.69, 9.17) is 0 Å². The maximum absolute atomic E-state index is 12.8. The molecule has 0 aliphatic carbocycles. The number of ketones is 1. The van der Waals surface area contributed by atoms with E-state index in [2.05, 4.69) is 36.5 Å². The minimum Gasteiger partial charge on any atom is -0.348 e. The van der Waals surface area contributed by atoms with Crippen molar-refractivity contribution in [3.8, 4) is 0 Å². The summed E-state index contributed by atoms with van der Waals surface area (Å²) < 4.78 is 0. The third-order valence-electron chi connectivity index (χ3n) is 5.45. The molecule has 0 aliphatic rings. The van der Waals surface area contributed by atoms with Gasteiger partial charge in [-0.15, -0.1) is 0 Å². The van der Waals surface area contributed by atoms with Crippen LogP contribution in [0.4, 0.5) is 0 Å². The van der Waals surface area contributed by atoms with E-state index >= 15 is 0 Å². The summed E-state index contributed by atoms with van der Waals surface area (Å²) in [5.74, 6) is -0.00221. The number of amides is 1. The molecule has 0 unspecified atom stereocenters. The first-order chi connectivity index (χ1) is 14.3. The Morgan fingerprint density at radius 2 is 1.20 bits per heavy atom. The lowest BCUT2D eigenvalue weighted by Gasteiger charge is -2.12. The molecule has 0 spiro atoms. The molecule has 154 valence electrons. The number of hydrogen-bond acceptors (Lipinski definition) is 2. The molecule has 3 nitrogen and oxygen atoms in total. The number of carbonyl (C=O) groups excluding carboxylic acids is 2. The molecule has 30 heavy (non-hydrogen) atoms. The van der Waals surface area contributed by atoms with E-state index in [9.17, 15) is 9.59 Å². The molecule has 0 aliphatic heterocycles. The summed E-state index contributed by atoms with van der Waals surface area (Å²) in [5.41, 5.74) is 7.62. The molecule has 3 rings (SSSR count). The Kier molecular flexibility index (Phi) is 6.83. The molecule has 0 saturated carbocycles.